The summed E-state index contributed by atoms with van der Waals surface area (Å²) in [5.41, 5.74) is 0. The quantitative estimate of drug-likeness (QED) is 0.415. The predicted molar refractivity (Wildman–Crippen MR) is 31.8 cm³/mol. The molecule has 0 aromatic carbocycles. The summed E-state index contributed by atoms with van der Waals surface area (Å²) in [5.74, 6) is -1.35. The molecule has 1 atom stereocenters. The van der Waals surface area contributed by atoms with Crippen molar-refractivity contribution in [3.8, 4) is 0 Å². The number of aliphatic carboxylic acids is 1. The number of rotatable bonds is 3. The summed E-state index contributed by atoms with van der Waals surface area (Å²) < 4.78 is 29.3. The van der Waals surface area contributed by atoms with Gasteiger partial charge in [-0.25, -0.2) is 0 Å². The number of carboxylic acids is 1. The number of hydrogen-bond acceptors (Lipinski definition) is 3. The van der Waals surface area contributed by atoms with Gasteiger partial charge in [-0.3, -0.25) is 9.35 Å². The van der Waals surface area contributed by atoms with Crippen LogP contribution >= 0.6 is 0 Å². The molecule has 0 fully saturated rings. The molecule has 0 saturated heterocycles. The van der Waals surface area contributed by atoms with Crippen LogP contribution in [0, 0.1) is 0 Å². The maximum atomic E-state index is 9.94. The van der Waals surface area contributed by atoms with Gasteiger partial charge in [0.2, 0.25) is 0 Å². The van der Waals surface area contributed by atoms with Crippen LogP contribution in [0.4, 0.5) is 0 Å². The molecule has 0 rings (SSSR count). The molecule has 0 unspecified atom stereocenters. The van der Waals surface area contributed by atoms with Gasteiger partial charge < -0.3 is 5.11 Å². The second-order valence-corrected chi connectivity index (χ2v) is 2.84. The first-order valence-electron chi connectivity index (χ1n) is 2.30. The van der Waals surface area contributed by atoms with E-state index >= 15 is 0 Å². The molecule has 8 heteroatoms. The third-order valence-corrected chi connectivity index (χ3v) is 1.35. The molecule has 11 heavy (non-hydrogen) atoms. The van der Waals surface area contributed by atoms with Gasteiger partial charge in [0.05, 0.1) is 0 Å². The summed E-state index contributed by atoms with van der Waals surface area (Å²) in [6.07, 6.45) is 0. The molecule has 0 spiro atoms. The van der Waals surface area contributed by atoms with Crippen LogP contribution < -0.4 is 4.72 Å². The zero-order valence-corrected chi connectivity index (χ0v) is 7.38. The van der Waals surface area contributed by atoms with Crippen LogP contribution in [0.1, 0.15) is 6.92 Å². The van der Waals surface area contributed by atoms with Crippen molar-refractivity contribution in [1.29, 1.82) is 0 Å². The summed E-state index contributed by atoms with van der Waals surface area (Å²) in [4.78, 5) is 9.94. The Morgan fingerprint density at radius 2 is 1.91 bits per heavy atom. The zero-order chi connectivity index (χ0) is 8.36. The smallest absolute Gasteiger partial charge is 0.334 e. The molecule has 0 heterocycles. The third kappa shape index (κ3) is 7.76. The van der Waals surface area contributed by atoms with E-state index in [0.29, 0.717) is 0 Å². The maximum Gasteiger partial charge on any atom is 0.334 e. The van der Waals surface area contributed by atoms with E-state index in [1.807, 2.05) is 0 Å². The molecule has 0 radical (unpaired) electrons. The van der Waals surface area contributed by atoms with E-state index in [1.54, 1.807) is 0 Å². The van der Waals surface area contributed by atoms with Crippen LogP contribution in [-0.4, -0.2) is 30.1 Å². The van der Waals surface area contributed by atoms with Gasteiger partial charge in [0.15, 0.2) is 0 Å². The topological polar surface area (TPSA) is 104 Å². The average Bonchev–Trinajstić information content (AvgIpc) is 1.60. The first-order valence-corrected chi connectivity index (χ1v) is 3.74. The Bertz CT molecular complexity index is 224. The fourth-order valence-corrected chi connectivity index (χ4v) is 0.821. The van der Waals surface area contributed by atoms with Crippen LogP contribution in [-0.2, 0) is 32.2 Å². The summed E-state index contributed by atoms with van der Waals surface area (Å²) in [7, 11) is -4.40. The summed E-state index contributed by atoms with van der Waals surface area (Å²) >= 11 is 0. The Labute approximate surface area is 74.3 Å². The van der Waals surface area contributed by atoms with Gasteiger partial charge in [-0.2, -0.15) is 13.1 Å². The molecule has 0 aromatic heterocycles. The summed E-state index contributed by atoms with van der Waals surface area (Å²) in [6, 6.07) is -1.31. The molecular weight excluding hydrogens is 218 g/mol. The normalized spacial score (nSPS) is 13.3. The average molecular weight is 225 g/mol. The molecule has 0 aliphatic heterocycles. The van der Waals surface area contributed by atoms with Gasteiger partial charge in [0.25, 0.3) is 0 Å². The van der Waals surface area contributed by atoms with E-state index in [9.17, 15) is 13.2 Å². The fourth-order valence-electron chi connectivity index (χ4n) is 0.274. The molecule has 0 aliphatic carbocycles. The van der Waals surface area contributed by atoms with Crippen LogP contribution in [0.3, 0.4) is 0 Å². The molecular formula is C3H7FeNO5S. The van der Waals surface area contributed by atoms with Crippen molar-refractivity contribution in [2.24, 2.45) is 0 Å². The molecule has 0 amide bonds. The number of carbonyl (C=O) groups is 1. The van der Waals surface area contributed by atoms with Crippen molar-refractivity contribution >= 4 is 16.3 Å². The van der Waals surface area contributed by atoms with Gasteiger partial charge in [-0.05, 0) is 6.92 Å². The van der Waals surface area contributed by atoms with Gasteiger partial charge >= 0.3 is 16.3 Å². The van der Waals surface area contributed by atoms with Crippen LogP contribution in [0.15, 0.2) is 0 Å². The van der Waals surface area contributed by atoms with E-state index in [1.165, 1.54) is 4.72 Å². The van der Waals surface area contributed by atoms with Gasteiger partial charge in [-0.1, -0.05) is 0 Å². The molecule has 0 saturated carbocycles. The number of hydrogen-bond donors (Lipinski definition) is 3. The second kappa shape index (κ2) is 4.68. The molecule has 0 aromatic rings. The second-order valence-electron chi connectivity index (χ2n) is 1.65. The Hall–Kier alpha value is -0.141. The fraction of sp³-hybridized carbons (Fsp3) is 0.667. The van der Waals surface area contributed by atoms with Gasteiger partial charge in [0, 0.05) is 17.1 Å². The van der Waals surface area contributed by atoms with Crippen molar-refractivity contribution in [3.63, 3.8) is 0 Å². The molecule has 68 valence electrons. The zero-order valence-electron chi connectivity index (χ0n) is 5.46. The van der Waals surface area contributed by atoms with E-state index in [2.05, 4.69) is 0 Å². The SMILES string of the molecule is C[C@H](NS(=O)(=O)O)C(=O)O.[Fe]. The Morgan fingerprint density at radius 1 is 1.55 bits per heavy atom. The van der Waals surface area contributed by atoms with E-state index in [-0.39, 0.29) is 17.1 Å². The standard InChI is InChI=1S/C3H7NO5S.Fe/c1-2(3(5)6)4-10(7,8)9;/h2,4H,1H3,(H,5,6)(H,7,8,9);/t2-;/m0./s1. The largest absolute Gasteiger partial charge is 0.480 e. The first-order chi connectivity index (χ1) is 4.33. The monoisotopic (exact) mass is 225 g/mol. The van der Waals surface area contributed by atoms with Crippen molar-refractivity contribution < 1.29 is 39.9 Å². The van der Waals surface area contributed by atoms with Crippen LogP contribution in [0.5, 0.6) is 0 Å². The van der Waals surface area contributed by atoms with Gasteiger partial charge in [0.1, 0.15) is 6.04 Å². The van der Waals surface area contributed by atoms with Crippen molar-refractivity contribution in [3.05, 3.63) is 0 Å². The minimum Gasteiger partial charge on any atom is -0.480 e. The maximum absolute atomic E-state index is 9.94. The van der Waals surface area contributed by atoms with E-state index < -0.39 is 22.3 Å². The van der Waals surface area contributed by atoms with E-state index in [4.69, 9.17) is 9.66 Å². The number of carboxylic acid groups (broad SMARTS) is 1. The predicted octanol–water partition coefficient (Wildman–Crippen LogP) is -1.15. The summed E-state index contributed by atoms with van der Waals surface area (Å²) in [5, 5.41) is 8.11. The summed E-state index contributed by atoms with van der Waals surface area (Å²) in [6.45, 7) is 1.09. The minimum absolute atomic E-state index is 0. The Morgan fingerprint density at radius 3 is 2.00 bits per heavy atom. The molecule has 3 N–H and O–H groups in total. The van der Waals surface area contributed by atoms with Crippen molar-refractivity contribution in [2.45, 2.75) is 13.0 Å². The first kappa shape index (κ1) is 13.4. The molecule has 6 nitrogen and oxygen atoms in total. The van der Waals surface area contributed by atoms with E-state index in [0.717, 1.165) is 6.92 Å². The van der Waals surface area contributed by atoms with Gasteiger partial charge in [-0.15, -0.1) is 0 Å². The molecule has 0 bridgehead atoms. The van der Waals surface area contributed by atoms with Crippen molar-refractivity contribution in [1.82, 2.24) is 4.72 Å². The third-order valence-electron chi connectivity index (χ3n) is 0.696. The number of nitrogens with one attached hydrogen (secondary N) is 1. The Kier molecular flexibility index (Phi) is 5.72. The van der Waals surface area contributed by atoms with Crippen LogP contribution in [0.2, 0.25) is 0 Å². The Balaban J connectivity index is 0. The minimum atomic E-state index is -4.40. The molecule has 0 aliphatic rings. The van der Waals surface area contributed by atoms with Crippen LogP contribution in [0.25, 0.3) is 0 Å². The van der Waals surface area contributed by atoms with Crippen molar-refractivity contribution in [2.75, 3.05) is 0 Å².